The highest BCUT2D eigenvalue weighted by atomic mass is 16.5. The van der Waals surface area contributed by atoms with Gasteiger partial charge in [-0.1, -0.05) is 65.2 Å². The molecule has 0 fully saturated rings. The van der Waals surface area contributed by atoms with Crippen molar-refractivity contribution in [2.45, 2.75) is 78.1 Å². The van der Waals surface area contributed by atoms with Gasteiger partial charge in [-0.15, -0.1) is 0 Å². The molecule has 21 heavy (non-hydrogen) atoms. The normalized spacial score (nSPS) is 11.1. The van der Waals surface area contributed by atoms with Gasteiger partial charge in [0.2, 0.25) is 0 Å². The van der Waals surface area contributed by atoms with Gasteiger partial charge in [-0.05, 0) is 12.8 Å². The third-order valence-electron chi connectivity index (χ3n) is 3.53. The van der Waals surface area contributed by atoms with Gasteiger partial charge < -0.3 is 14.2 Å². The summed E-state index contributed by atoms with van der Waals surface area (Å²) in [6.45, 7) is 8.97. The third kappa shape index (κ3) is 19.9. The van der Waals surface area contributed by atoms with Crippen LogP contribution in [-0.2, 0) is 14.2 Å². The van der Waals surface area contributed by atoms with E-state index in [2.05, 4.69) is 13.8 Å². The quantitative estimate of drug-likeness (QED) is 0.334. The smallest absolute Gasteiger partial charge is 0.0701 e. The molecule has 0 unspecified atom stereocenters. The van der Waals surface area contributed by atoms with Crippen LogP contribution in [0.5, 0.6) is 0 Å². The van der Waals surface area contributed by atoms with Gasteiger partial charge in [0, 0.05) is 13.2 Å². The molecule has 0 aliphatic carbocycles. The summed E-state index contributed by atoms with van der Waals surface area (Å²) in [6.07, 6.45) is 13.1. The third-order valence-corrected chi connectivity index (χ3v) is 3.53. The maximum Gasteiger partial charge on any atom is 0.0701 e. The monoisotopic (exact) mass is 302 g/mol. The summed E-state index contributed by atoms with van der Waals surface area (Å²) < 4.78 is 16.4. The van der Waals surface area contributed by atoms with E-state index < -0.39 is 0 Å². The number of hydrogen-bond donors (Lipinski definition) is 0. The van der Waals surface area contributed by atoms with Crippen LogP contribution in [0.4, 0.5) is 0 Å². The highest BCUT2D eigenvalue weighted by Crippen LogP contribution is 2.08. The fraction of sp³-hybridized carbons (Fsp3) is 1.00. The van der Waals surface area contributed by atoms with Crippen molar-refractivity contribution in [1.82, 2.24) is 0 Å². The van der Waals surface area contributed by atoms with Gasteiger partial charge in [-0.25, -0.2) is 0 Å². The van der Waals surface area contributed by atoms with E-state index in [0.29, 0.717) is 26.4 Å². The molecule has 128 valence electrons. The molecule has 0 bridgehead atoms. The largest absolute Gasteiger partial charge is 0.379 e. The SMILES string of the molecule is CCCCCCCCCCOCCOCCOCCCC. The Balaban J connectivity index is 2.90. The highest BCUT2D eigenvalue weighted by Gasteiger charge is 1.93. The lowest BCUT2D eigenvalue weighted by Gasteiger charge is -2.06. The lowest BCUT2D eigenvalue weighted by atomic mass is 10.1. The summed E-state index contributed by atoms with van der Waals surface area (Å²) in [4.78, 5) is 0. The van der Waals surface area contributed by atoms with E-state index in [0.717, 1.165) is 19.6 Å². The van der Waals surface area contributed by atoms with E-state index in [-0.39, 0.29) is 0 Å². The molecule has 0 spiro atoms. The summed E-state index contributed by atoms with van der Waals surface area (Å²) in [6, 6.07) is 0. The molecular formula is C18H38O3. The van der Waals surface area contributed by atoms with Gasteiger partial charge in [-0.2, -0.15) is 0 Å². The Morgan fingerprint density at radius 3 is 1.29 bits per heavy atom. The summed E-state index contributed by atoms with van der Waals surface area (Å²) in [7, 11) is 0. The lowest BCUT2D eigenvalue weighted by Crippen LogP contribution is -2.10. The molecule has 3 heteroatoms. The molecule has 0 saturated carbocycles. The van der Waals surface area contributed by atoms with E-state index in [1.165, 1.54) is 57.8 Å². The zero-order valence-electron chi connectivity index (χ0n) is 14.5. The Hall–Kier alpha value is -0.120. The maximum atomic E-state index is 5.56. The first-order valence-corrected chi connectivity index (χ1v) is 9.15. The zero-order valence-corrected chi connectivity index (χ0v) is 14.5. The molecule has 0 aromatic carbocycles. The number of hydrogen-bond acceptors (Lipinski definition) is 3. The Labute approximate surface area is 132 Å². The minimum Gasteiger partial charge on any atom is -0.379 e. The van der Waals surface area contributed by atoms with Gasteiger partial charge >= 0.3 is 0 Å². The summed E-state index contributed by atoms with van der Waals surface area (Å²) >= 11 is 0. The van der Waals surface area contributed by atoms with Gasteiger partial charge in [-0.3, -0.25) is 0 Å². The van der Waals surface area contributed by atoms with E-state index >= 15 is 0 Å². The van der Waals surface area contributed by atoms with Crippen LogP contribution in [-0.4, -0.2) is 39.6 Å². The number of rotatable bonds is 18. The molecule has 0 amide bonds. The minimum atomic E-state index is 0.685. The molecule has 0 aromatic rings. The first-order valence-electron chi connectivity index (χ1n) is 9.15. The van der Waals surface area contributed by atoms with Gasteiger partial charge in [0.15, 0.2) is 0 Å². The van der Waals surface area contributed by atoms with Crippen LogP contribution in [0.15, 0.2) is 0 Å². The Morgan fingerprint density at radius 2 is 0.762 bits per heavy atom. The van der Waals surface area contributed by atoms with Gasteiger partial charge in [0.25, 0.3) is 0 Å². The predicted octanol–water partition coefficient (Wildman–Crippen LogP) is 4.98. The van der Waals surface area contributed by atoms with Crippen LogP contribution < -0.4 is 0 Å². The molecule has 0 saturated heterocycles. The maximum absolute atomic E-state index is 5.56. The molecule has 0 rings (SSSR count). The fourth-order valence-corrected chi connectivity index (χ4v) is 2.13. The van der Waals surface area contributed by atoms with E-state index in [1.807, 2.05) is 0 Å². The van der Waals surface area contributed by atoms with Gasteiger partial charge in [0.1, 0.15) is 0 Å². The average molecular weight is 302 g/mol. The summed E-state index contributed by atoms with van der Waals surface area (Å²) in [5.41, 5.74) is 0. The molecule has 0 N–H and O–H groups in total. The molecule has 0 aliphatic heterocycles. The van der Waals surface area contributed by atoms with E-state index in [4.69, 9.17) is 14.2 Å². The van der Waals surface area contributed by atoms with Crippen molar-refractivity contribution in [2.24, 2.45) is 0 Å². The highest BCUT2D eigenvalue weighted by molar-refractivity contribution is 4.45. The van der Waals surface area contributed by atoms with Crippen molar-refractivity contribution < 1.29 is 14.2 Å². The summed E-state index contributed by atoms with van der Waals surface area (Å²) in [5, 5.41) is 0. The van der Waals surface area contributed by atoms with Crippen LogP contribution in [0.2, 0.25) is 0 Å². The molecule has 0 aromatic heterocycles. The van der Waals surface area contributed by atoms with Crippen LogP contribution in [0.1, 0.15) is 78.1 Å². The second kappa shape index (κ2) is 19.9. The van der Waals surface area contributed by atoms with Crippen molar-refractivity contribution in [3.8, 4) is 0 Å². The average Bonchev–Trinajstić information content (AvgIpc) is 2.50. The second-order valence-electron chi connectivity index (χ2n) is 5.67. The number of ether oxygens (including phenoxy) is 3. The van der Waals surface area contributed by atoms with Crippen molar-refractivity contribution in [3.63, 3.8) is 0 Å². The van der Waals surface area contributed by atoms with Crippen molar-refractivity contribution in [1.29, 1.82) is 0 Å². The first kappa shape index (κ1) is 20.9. The van der Waals surface area contributed by atoms with E-state index in [1.54, 1.807) is 0 Å². The lowest BCUT2D eigenvalue weighted by molar-refractivity contribution is 0.0134. The Bertz CT molecular complexity index is 156. The zero-order chi connectivity index (χ0) is 15.4. The molecule has 0 atom stereocenters. The molecular weight excluding hydrogens is 264 g/mol. The summed E-state index contributed by atoms with van der Waals surface area (Å²) in [5.74, 6) is 0. The number of unbranched alkanes of at least 4 members (excludes halogenated alkanes) is 8. The second-order valence-corrected chi connectivity index (χ2v) is 5.67. The van der Waals surface area contributed by atoms with Gasteiger partial charge in [0.05, 0.1) is 26.4 Å². The van der Waals surface area contributed by atoms with Crippen molar-refractivity contribution >= 4 is 0 Å². The molecule has 0 radical (unpaired) electrons. The topological polar surface area (TPSA) is 27.7 Å². The Morgan fingerprint density at radius 1 is 0.381 bits per heavy atom. The van der Waals surface area contributed by atoms with Crippen molar-refractivity contribution in [2.75, 3.05) is 39.6 Å². The Kier molecular flexibility index (Phi) is 19.8. The standard InChI is InChI=1S/C18H38O3/c1-3-5-7-8-9-10-11-12-14-20-16-18-21-17-15-19-13-6-4-2/h3-18H2,1-2H3. The minimum absolute atomic E-state index is 0.685. The molecule has 0 heterocycles. The fourth-order valence-electron chi connectivity index (χ4n) is 2.13. The molecule has 0 aliphatic rings. The first-order chi connectivity index (χ1) is 10.4. The van der Waals surface area contributed by atoms with Crippen LogP contribution in [0, 0.1) is 0 Å². The molecule has 3 nitrogen and oxygen atoms in total. The van der Waals surface area contributed by atoms with E-state index in [9.17, 15) is 0 Å². The van der Waals surface area contributed by atoms with Crippen molar-refractivity contribution in [3.05, 3.63) is 0 Å². The van der Waals surface area contributed by atoms with Crippen LogP contribution in [0.25, 0.3) is 0 Å². The van der Waals surface area contributed by atoms with Crippen LogP contribution >= 0.6 is 0 Å². The van der Waals surface area contributed by atoms with Crippen LogP contribution in [0.3, 0.4) is 0 Å². The predicted molar refractivity (Wildman–Crippen MR) is 90.0 cm³/mol.